The van der Waals surface area contributed by atoms with Gasteiger partial charge in [0, 0.05) is 15.2 Å². The average molecular weight is 448 g/mol. The smallest absolute Gasteiger partial charge is 0.245 e. The predicted molar refractivity (Wildman–Crippen MR) is 101 cm³/mol. The van der Waals surface area contributed by atoms with E-state index in [1.165, 1.54) is 32.2 Å². The lowest BCUT2D eigenvalue weighted by molar-refractivity contribution is -0.117. The maximum absolute atomic E-state index is 12.5. The molecule has 0 aromatic heterocycles. The summed E-state index contributed by atoms with van der Waals surface area (Å²) in [6, 6.07) is 10.2. The lowest BCUT2D eigenvalue weighted by Gasteiger charge is -2.16. The summed E-state index contributed by atoms with van der Waals surface area (Å²) in [6.07, 6.45) is 0. The molecule has 0 aliphatic heterocycles. The van der Waals surface area contributed by atoms with Gasteiger partial charge in [-0.1, -0.05) is 27.5 Å². The summed E-state index contributed by atoms with van der Waals surface area (Å²) in [7, 11) is -2.64. The number of sulfonamides is 1. The number of hydrogen-bond donors (Lipinski definition) is 2. The van der Waals surface area contributed by atoms with E-state index in [1.807, 2.05) is 0 Å². The SMILES string of the molecule is COc1ccc(Cl)cc1S(=O)(=O)N[C@@H](C)C(=O)Nc1ccc(Br)cc1. The van der Waals surface area contributed by atoms with Crippen molar-refractivity contribution in [1.82, 2.24) is 4.72 Å². The second-order valence-electron chi connectivity index (χ2n) is 5.13. The molecule has 9 heteroatoms. The Morgan fingerprint density at radius 1 is 1.20 bits per heavy atom. The van der Waals surface area contributed by atoms with Crippen molar-refractivity contribution in [2.24, 2.45) is 0 Å². The van der Waals surface area contributed by atoms with Crippen molar-refractivity contribution in [3.05, 3.63) is 52.0 Å². The van der Waals surface area contributed by atoms with Crippen LogP contribution in [0.1, 0.15) is 6.92 Å². The standard InChI is InChI=1S/C16H16BrClN2O4S/c1-10(16(21)19-13-6-3-11(17)4-7-13)20-25(22,23)15-9-12(18)5-8-14(15)24-2/h3-10,20H,1-2H3,(H,19,21)/t10-/m0/s1. The number of nitrogens with one attached hydrogen (secondary N) is 2. The Labute approximate surface area is 159 Å². The zero-order chi connectivity index (χ0) is 18.6. The highest BCUT2D eigenvalue weighted by atomic mass is 79.9. The van der Waals surface area contributed by atoms with Gasteiger partial charge in [0.1, 0.15) is 10.6 Å². The van der Waals surface area contributed by atoms with Crippen LogP contribution in [0.5, 0.6) is 5.75 Å². The Kier molecular flexibility index (Phi) is 6.45. The molecule has 2 aromatic carbocycles. The molecule has 134 valence electrons. The number of amides is 1. The van der Waals surface area contributed by atoms with Crippen LogP contribution in [0.4, 0.5) is 5.69 Å². The molecule has 0 unspecified atom stereocenters. The molecule has 1 atom stereocenters. The number of rotatable bonds is 6. The molecule has 1 amide bonds. The number of halogens is 2. The third-order valence-corrected chi connectivity index (χ3v) is 5.58. The molecule has 0 aliphatic carbocycles. The van der Waals surface area contributed by atoms with Crippen molar-refractivity contribution >= 4 is 49.1 Å². The summed E-state index contributed by atoms with van der Waals surface area (Å²) in [6.45, 7) is 1.45. The number of carbonyl (C=O) groups is 1. The number of hydrogen-bond acceptors (Lipinski definition) is 4. The monoisotopic (exact) mass is 446 g/mol. The minimum Gasteiger partial charge on any atom is -0.495 e. The van der Waals surface area contributed by atoms with Gasteiger partial charge in [0.25, 0.3) is 0 Å². The molecule has 0 saturated carbocycles. The van der Waals surface area contributed by atoms with Crippen LogP contribution in [0.3, 0.4) is 0 Å². The minimum absolute atomic E-state index is 0.134. The molecule has 0 heterocycles. The number of carbonyl (C=O) groups excluding carboxylic acids is 1. The van der Waals surface area contributed by atoms with Crippen LogP contribution in [-0.2, 0) is 14.8 Å². The highest BCUT2D eigenvalue weighted by Crippen LogP contribution is 2.27. The first-order valence-electron chi connectivity index (χ1n) is 7.15. The third-order valence-electron chi connectivity index (χ3n) is 3.25. The zero-order valence-electron chi connectivity index (χ0n) is 13.4. The average Bonchev–Trinajstić information content (AvgIpc) is 2.56. The van der Waals surface area contributed by atoms with E-state index in [4.69, 9.17) is 16.3 Å². The summed E-state index contributed by atoms with van der Waals surface area (Å²) < 4.78 is 33.3. The van der Waals surface area contributed by atoms with Gasteiger partial charge in [0.05, 0.1) is 13.2 Å². The molecule has 0 fully saturated rings. The van der Waals surface area contributed by atoms with Crippen molar-refractivity contribution in [2.75, 3.05) is 12.4 Å². The molecule has 0 bridgehead atoms. The van der Waals surface area contributed by atoms with E-state index >= 15 is 0 Å². The summed E-state index contributed by atoms with van der Waals surface area (Å²) in [4.78, 5) is 12.1. The van der Waals surface area contributed by atoms with Gasteiger partial charge in [-0.3, -0.25) is 4.79 Å². The maximum Gasteiger partial charge on any atom is 0.245 e. The minimum atomic E-state index is -4.00. The summed E-state index contributed by atoms with van der Waals surface area (Å²) >= 11 is 9.17. The molecule has 0 radical (unpaired) electrons. The molecule has 25 heavy (non-hydrogen) atoms. The van der Waals surface area contributed by atoms with Crippen molar-refractivity contribution in [3.8, 4) is 5.75 Å². The largest absolute Gasteiger partial charge is 0.495 e. The summed E-state index contributed by atoms with van der Waals surface area (Å²) in [5.74, 6) is -0.357. The lowest BCUT2D eigenvalue weighted by atomic mass is 10.3. The summed E-state index contributed by atoms with van der Waals surface area (Å²) in [5, 5.41) is 2.88. The van der Waals surface area contributed by atoms with Crippen molar-refractivity contribution in [1.29, 1.82) is 0 Å². The van der Waals surface area contributed by atoms with E-state index < -0.39 is 22.0 Å². The van der Waals surface area contributed by atoms with Crippen LogP contribution in [0, 0.1) is 0 Å². The van der Waals surface area contributed by atoms with Crippen LogP contribution in [0.15, 0.2) is 51.8 Å². The van der Waals surface area contributed by atoms with Crippen molar-refractivity contribution in [3.63, 3.8) is 0 Å². The quantitative estimate of drug-likeness (QED) is 0.711. The molecule has 2 aromatic rings. The number of ether oxygens (including phenoxy) is 1. The molecule has 0 spiro atoms. The van der Waals surface area contributed by atoms with E-state index in [0.29, 0.717) is 5.69 Å². The molecule has 6 nitrogen and oxygen atoms in total. The van der Waals surface area contributed by atoms with Crippen LogP contribution < -0.4 is 14.8 Å². The van der Waals surface area contributed by atoms with E-state index in [2.05, 4.69) is 26.0 Å². The fourth-order valence-corrected chi connectivity index (χ4v) is 3.89. The first-order chi connectivity index (χ1) is 11.7. The van der Waals surface area contributed by atoms with Gasteiger partial charge in [-0.2, -0.15) is 4.72 Å². The second kappa shape index (κ2) is 8.18. The van der Waals surface area contributed by atoms with Gasteiger partial charge in [-0.15, -0.1) is 0 Å². The van der Waals surface area contributed by atoms with E-state index in [9.17, 15) is 13.2 Å². The zero-order valence-corrected chi connectivity index (χ0v) is 16.6. The molecule has 0 saturated heterocycles. The third kappa shape index (κ3) is 5.18. The van der Waals surface area contributed by atoms with Gasteiger partial charge in [0.2, 0.25) is 15.9 Å². The normalized spacial score (nSPS) is 12.5. The van der Waals surface area contributed by atoms with Gasteiger partial charge in [-0.25, -0.2) is 8.42 Å². The number of anilines is 1. The Morgan fingerprint density at radius 3 is 2.44 bits per heavy atom. The molecule has 2 N–H and O–H groups in total. The molecular weight excluding hydrogens is 432 g/mol. The summed E-state index contributed by atoms with van der Waals surface area (Å²) in [5.41, 5.74) is 0.555. The Bertz CT molecular complexity index is 872. The van der Waals surface area contributed by atoms with Gasteiger partial charge in [0.15, 0.2) is 0 Å². The van der Waals surface area contributed by atoms with E-state index in [0.717, 1.165) is 4.47 Å². The Morgan fingerprint density at radius 2 is 1.84 bits per heavy atom. The van der Waals surface area contributed by atoms with Crippen LogP contribution in [-0.4, -0.2) is 27.5 Å². The highest BCUT2D eigenvalue weighted by molar-refractivity contribution is 9.10. The fourth-order valence-electron chi connectivity index (χ4n) is 1.99. The van der Waals surface area contributed by atoms with Gasteiger partial charge >= 0.3 is 0 Å². The second-order valence-corrected chi connectivity index (χ2v) is 8.17. The Hall–Kier alpha value is -1.61. The highest BCUT2D eigenvalue weighted by Gasteiger charge is 2.25. The van der Waals surface area contributed by atoms with Gasteiger partial charge < -0.3 is 10.1 Å². The van der Waals surface area contributed by atoms with Crippen LogP contribution in [0.25, 0.3) is 0 Å². The van der Waals surface area contributed by atoms with E-state index in [-0.39, 0.29) is 15.7 Å². The van der Waals surface area contributed by atoms with E-state index in [1.54, 1.807) is 24.3 Å². The Balaban J connectivity index is 2.15. The molecule has 2 rings (SSSR count). The van der Waals surface area contributed by atoms with Crippen LogP contribution in [0.2, 0.25) is 5.02 Å². The molecule has 0 aliphatic rings. The number of methoxy groups -OCH3 is 1. The van der Waals surface area contributed by atoms with Gasteiger partial charge in [-0.05, 0) is 49.4 Å². The van der Waals surface area contributed by atoms with Crippen LogP contribution >= 0.6 is 27.5 Å². The first kappa shape index (κ1) is 19.7. The maximum atomic E-state index is 12.5. The van der Waals surface area contributed by atoms with Crippen molar-refractivity contribution < 1.29 is 17.9 Å². The lowest BCUT2D eigenvalue weighted by Crippen LogP contribution is -2.41. The van der Waals surface area contributed by atoms with Crippen molar-refractivity contribution in [2.45, 2.75) is 17.9 Å². The number of benzene rings is 2. The first-order valence-corrected chi connectivity index (χ1v) is 9.80. The molecular formula is C16H16BrClN2O4S. The topological polar surface area (TPSA) is 84.5 Å². The predicted octanol–water partition coefficient (Wildman–Crippen LogP) is 3.42. The fraction of sp³-hybridized carbons (Fsp3) is 0.188.